The van der Waals surface area contributed by atoms with E-state index >= 15 is 4.39 Å². The number of nitrogens with zero attached hydrogens (tertiary/aromatic N) is 2. The monoisotopic (exact) mass is 535 g/mol. The summed E-state index contributed by atoms with van der Waals surface area (Å²) in [6, 6.07) is 42.2. The number of rotatable bonds is 5. The van der Waals surface area contributed by atoms with Gasteiger partial charge in [0.2, 0.25) is 5.69 Å². The van der Waals surface area contributed by atoms with E-state index in [0.29, 0.717) is 11.1 Å². The summed E-state index contributed by atoms with van der Waals surface area (Å²) in [7, 11) is 2.02. The third-order valence-corrected chi connectivity index (χ3v) is 7.72. The molecule has 0 unspecified atom stereocenters. The van der Waals surface area contributed by atoms with Gasteiger partial charge < -0.3 is 9.32 Å². The highest BCUT2D eigenvalue weighted by molar-refractivity contribution is 6.13. The molecule has 0 amide bonds. The van der Waals surface area contributed by atoms with Crippen molar-refractivity contribution in [2.45, 2.75) is 6.92 Å². The van der Waals surface area contributed by atoms with Crippen LogP contribution in [0.3, 0.4) is 0 Å². The highest BCUT2D eigenvalue weighted by Gasteiger charge is 2.23. The summed E-state index contributed by atoms with van der Waals surface area (Å²) >= 11 is 0. The molecule has 4 heteroatoms. The van der Waals surface area contributed by atoms with E-state index < -0.39 is 0 Å². The lowest BCUT2D eigenvalue weighted by atomic mass is 9.98. The molecule has 7 rings (SSSR count). The molecule has 0 saturated heterocycles. The molecule has 0 saturated carbocycles. The molecule has 0 aliphatic rings. The minimum atomic E-state index is -0.309. The van der Waals surface area contributed by atoms with Gasteiger partial charge in [0.05, 0.1) is 11.1 Å². The summed E-state index contributed by atoms with van der Waals surface area (Å²) in [5.41, 5.74) is 8.81. The molecule has 5 aromatic carbocycles. The van der Waals surface area contributed by atoms with Gasteiger partial charge in [-0.1, -0.05) is 60.7 Å². The fraction of sp³-hybridized carbons (Fsp3) is 0.0541. The maximum absolute atomic E-state index is 15.6. The van der Waals surface area contributed by atoms with Gasteiger partial charge >= 0.3 is 0 Å². The summed E-state index contributed by atoms with van der Waals surface area (Å²) in [6.07, 6.45) is 2.02. The van der Waals surface area contributed by atoms with Crippen molar-refractivity contribution in [1.82, 2.24) is 0 Å². The zero-order valence-electron chi connectivity index (χ0n) is 22.9. The quantitative estimate of drug-likeness (QED) is 0.205. The van der Waals surface area contributed by atoms with E-state index in [4.69, 9.17) is 4.42 Å². The van der Waals surface area contributed by atoms with Crippen molar-refractivity contribution in [3.05, 3.63) is 145 Å². The molecule has 0 atom stereocenters. The van der Waals surface area contributed by atoms with E-state index in [1.165, 1.54) is 0 Å². The smallest absolute Gasteiger partial charge is 0.216 e. The van der Waals surface area contributed by atoms with Gasteiger partial charge in [-0.05, 0) is 72.6 Å². The molecule has 3 nitrogen and oxygen atoms in total. The van der Waals surface area contributed by atoms with Crippen LogP contribution in [0.15, 0.2) is 138 Å². The van der Waals surface area contributed by atoms with Crippen LogP contribution in [0.4, 0.5) is 21.5 Å². The van der Waals surface area contributed by atoms with Crippen molar-refractivity contribution >= 4 is 39.0 Å². The Morgan fingerprint density at radius 3 is 1.78 bits per heavy atom. The number of hydrogen-bond acceptors (Lipinski definition) is 2. The second-order valence-corrected chi connectivity index (χ2v) is 10.3. The van der Waals surface area contributed by atoms with Crippen LogP contribution >= 0.6 is 0 Å². The molecule has 2 heterocycles. The van der Waals surface area contributed by atoms with Crippen molar-refractivity contribution in [3.63, 3.8) is 0 Å². The lowest BCUT2D eigenvalue weighted by Gasteiger charge is -2.25. The lowest BCUT2D eigenvalue weighted by molar-refractivity contribution is -0.660. The Hall–Kier alpha value is -5.22. The fourth-order valence-corrected chi connectivity index (χ4v) is 5.73. The van der Waals surface area contributed by atoms with Crippen LogP contribution in [0.1, 0.15) is 5.56 Å². The van der Waals surface area contributed by atoms with Crippen LogP contribution in [0.5, 0.6) is 0 Å². The normalized spacial score (nSPS) is 11.3. The molecule has 198 valence electrons. The summed E-state index contributed by atoms with van der Waals surface area (Å²) in [6.45, 7) is 2.08. The van der Waals surface area contributed by atoms with Crippen LogP contribution in [0.25, 0.3) is 44.3 Å². The number of furan rings is 1. The number of pyridine rings is 1. The Morgan fingerprint density at radius 1 is 0.585 bits per heavy atom. The van der Waals surface area contributed by atoms with Crippen LogP contribution in [0.2, 0.25) is 0 Å². The zero-order chi connectivity index (χ0) is 27.9. The second kappa shape index (κ2) is 10.1. The Bertz CT molecular complexity index is 1970. The number of aryl methyl sites for hydroxylation is 2. The van der Waals surface area contributed by atoms with E-state index in [1.54, 1.807) is 6.07 Å². The topological polar surface area (TPSA) is 20.3 Å². The van der Waals surface area contributed by atoms with Crippen LogP contribution in [-0.2, 0) is 7.05 Å². The molecule has 0 aliphatic carbocycles. The number of halogens is 1. The molecule has 2 aromatic heterocycles. The molecule has 0 radical (unpaired) electrons. The largest absolute Gasteiger partial charge is 0.454 e. The first kappa shape index (κ1) is 24.8. The number of hydrogen-bond donors (Lipinski definition) is 0. The number of para-hydroxylation sites is 2. The predicted octanol–water partition coefficient (Wildman–Crippen LogP) is 9.66. The van der Waals surface area contributed by atoms with E-state index in [-0.39, 0.29) is 5.82 Å². The first-order valence-electron chi connectivity index (χ1n) is 13.7. The Balaban J connectivity index is 1.39. The molecule has 0 N–H and O–H groups in total. The highest BCUT2D eigenvalue weighted by atomic mass is 19.1. The Morgan fingerprint density at radius 2 is 1.15 bits per heavy atom. The number of anilines is 3. The molecule has 41 heavy (non-hydrogen) atoms. The molecular formula is C37H28FN2O+. The number of fused-ring (bicyclic) bond motifs is 3. The van der Waals surface area contributed by atoms with Gasteiger partial charge in [-0.3, -0.25) is 0 Å². The van der Waals surface area contributed by atoms with Crippen molar-refractivity contribution in [2.24, 2.45) is 7.05 Å². The van der Waals surface area contributed by atoms with Crippen molar-refractivity contribution in [2.75, 3.05) is 4.90 Å². The lowest BCUT2D eigenvalue weighted by Crippen LogP contribution is -2.30. The first-order chi connectivity index (χ1) is 20.1. The first-order valence-corrected chi connectivity index (χ1v) is 13.7. The number of benzene rings is 5. The Kier molecular flexibility index (Phi) is 6.09. The van der Waals surface area contributed by atoms with Gasteiger partial charge in [0, 0.05) is 40.0 Å². The summed E-state index contributed by atoms with van der Waals surface area (Å²) in [5.74, 6) is -0.309. The van der Waals surface area contributed by atoms with Crippen LogP contribution in [-0.4, -0.2) is 0 Å². The molecule has 0 aliphatic heterocycles. The molecule has 0 bridgehead atoms. The maximum Gasteiger partial charge on any atom is 0.216 e. The zero-order valence-corrected chi connectivity index (χ0v) is 22.9. The van der Waals surface area contributed by atoms with E-state index in [9.17, 15) is 0 Å². The number of aromatic nitrogens is 1. The summed E-state index contributed by atoms with van der Waals surface area (Å²) in [5, 5.41) is 1.87. The van der Waals surface area contributed by atoms with Gasteiger partial charge in [0.25, 0.3) is 0 Å². The highest BCUT2D eigenvalue weighted by Crippen LogP contribution is 2.42. The standard InChI is InChI=1S/C37H28FN2O/c1-25-16-21-30-31-22-23-32(38)35(37(31)41-36(30)34(25)33-15-9-10-24-39(33)2)26-17-19-29(20-18-26)40(27-11-5-3-6-12-27)28-13-7-4-8-14-28/h3-24H,1-2H3/q+1. The second-order valence-electron chi connectivity index (χ2n) is 10.3. The minimum Gasteiger partial charge on any atom is -0.454 e. The SMILES string of the molecule is Cc1ccc2c(oc3c(-c4ccc(N(c5ccccc5)c5ccccc5)cc4)c(F)ccc32)c1-c1cccc[n+]1C. The van der Waals surface area contributed by atoms with Gasteiger partial charge in [-0.15, -0.1) is 0 Å². The van der Waals surface area contributed by atoms with Crippen molar-refractivity contribution < 1.29 is 13.4 Å². The molecular weight excluding hydrogens is 507 g/mol. The van der Waals surface area contributed by atoms with Gasteiger partial charge in [0.15, 0.2) is 6.20 Å². The average Bonchev–Trinajstić information content (AvgIpc) is 3.38. The molecule has 7 aromatic rings. The molecule has 0 spiro atoms. The van der Waals surface area contributed by atoms with Crippen LogP contribution < -0.4 is 9.47 Å². The minimum absolute atomic E-state index is 0.309. The molecule has 0 fully saturated rings. The Labute approximate surface area is 238 Å². The third kappa shape index (κ3) is 4.25. The van der Waals surface area contributed by atoms with Crippen molar-refractivity contribution in [1.29, 1.82) is 0 Å². The van der Waals surface area contributed by atoms with E-state index in [1.807, 2.05) is 92.1 Å². The van der Waals surface area contributed by atoms with Gasteiger partial charge in [0.1, 0.15) is 24.0 Å². The van der Waals surface area contributed by atoms with Gasteiger partial charge in [-0.25, -0.2) is 8.96 Å². The van der Waals surface area contributed by atoms with E-state index in [0.717, 1.165) is 55.8 Å². The average molecular weight is 536 g/mol. The predicted molar refractivity (Wildman–Crippen MR) is 165 cm³/mol. The van der Waals surface area contributed by atoms with Crippen molar-refractivity contribution in [3.8, 4) is 22.4 Å². The van der Waals surface area contributed by atoms with Gasteiger partial charge in [-0.2, -0.15) is 0 Å². The maximum atomic E-state index is 15.6. The van der Waals surface area contributed by atoms with Crippen LogP contribution in [0, 0.1) is 12.7 Å². The van der Waals surface area contributed by atoms with E-state index in [2.05, 4.69) is 58.9 Å². The third-order valence-electron chi connectivity index (χ3n) is 7.72. The summed E-state index contributed by atoms with van der Waals surface area (Å²) < 4.78 is 24.3. The summed E-state index contributed by atoms with van der Waals surface area (Å²) in [4.78, 5) is 2.19. The fourth-order valence-electron chi connectivity index (χ4n) is 5.73.